The molecule has 0 bridgehead atoms. The number of benzene rings is 2. The molecule has 2 rings (SSSR count). The Labute approximate surface area is 134 Å². The number of carbonyl (C=O) groups is 2. The third-order valence-corrected chi connectivity index (χ3v) is 3.57. The van der Waals surface area contributed by atoms with Crippen molar-refractivity contribution in [3.05, 3.63) is 53.6 Å². The number of amides is 1. The average molecular weight is 338 g/mol. The van der Waals surface area contributed by atoms with Crippen LogP contribution >= 0.6 is 11.9 Å². The van der Waals surface area contributed by atoms with E-state index in [1.807, 2.05) is 0 Å². The minimum atomic E-state index is -1.53. The summed E-state index contributed by atoms with van der Waals surface area (Å²) >= 11 is 1.02. The maximum Gasteiger partial charge on any atom is 0.338 e. The van der Waals surface area contributed by atoms with Crippen LogP contribution in [0.3, 0.4) is 0 Å². The van der Waals surface area contributed by atoms with Gasteiger partial charge in [0, 0.05) is 23.6 Å². The van der Waals surface area contributed by atoms with Crippen LogP contribution in [0.4, 0.5) is 20.2 Å². The minimum Gasteiger partial charge on any atom is -0.478 e. The van der Waals surface area contributed by atoms with Gasteiger partial charge in [-0.25, -0.2) is 13.6 Å². The number of rotatable bonds is 5. The summed E-state index contributed by atoms with van der Waals surface area (Å²) in [6.07, 6.45) is 0. The van der Waals surface area contributed by atoms with Gasteiger partial charge in [0.25, 0.3) is 0 Å². The molecule has 1 amide bonds. The van der Waals surface area contributed by atoms with Gasteiger partial charge in [0.05, 0.1) is 11.3 Å². The molecule has 0 heterocycles. The van der Waals surface area contributed by atoms with Gasteiger partial charge in [-0.05, 0) is 42.3 Å². The predicted molar refractivity (Wildman–Crippen MR) is 83.5 cm³/mol. The maximum atomic E-state index is 13.7. The Morgan fingerprint density at radius 2 is 1.74 bits per heavy atom. The number of halogens is 2. The van der Waals surface area contributed by atoms with Crippen LogP contribution in [0.1, 0.15) is 17.3 Å². The van der Waals surface area contributed by atoms with Crippen LogP contribution in [-0.2, 0) is 4.79 Å². The van der Waals surface area contributed by atoms with Gasteiger partial charge in [-0.2, -0.15) is 0 Å². The van der Waals surface area contributed by atoms with Crippen LogP contribution in [-0.4, -0.2) is 17.0 Å². The minimum absolute atomic E-state index is 0.163. The second-order valence-corrected chi connectivity index (χ2v) is 5.41. The lowest BCUT2D eigenvalue weighted by atomic mass is 10.2. The summed E-state index contributed by atoms with van der Waals surface area (Å²) in [4.78, 5) is 22.3. The molecule has 0 saturated heterocycles. The van der Waals surface area contributed by atoms with Gasteiger partial charge < -0.3 is 15.1 Å². The van der Waals surface area contributed by atoms with E-state index in [2.05, 4.69) is 10.0 Å². The molecule has 5 nitrogen and oxygen atoms in total. The van der Waals surface area contributed by atoms with Crippen LogP contribution in [0.15, 0.2) is 41.3 Å². The molecule has 2 aromatic carbocycles. The molecule has 0 fully saturated rings. The van der Waals surface area contributed by atoms with E-state index < -0.39 is 23.2 Å². The second kappa shape index (κ2) is 7.10. The SMILES string of the molecule is CC(=O)Nc1ccc(SNc2cc(F)c(C(=O)O)cc2F)cc1. The van der Waals surface area contributed by atoms with E-state index in [9.17, 15) is 18.4 Å². The highest BCUT2D eigenvalue weighted by Crippen LogP contribution is 2.26. The van der Waals surface area contributed by atoms with Gasteiger partial charge in [-0.15, -0.1) is 0 Å². The van der Waals surface area contributed by atoms with Crippen LogP contribution in [0, 0.1) is 11.6 Å². The van der Waals surface area contributed by atoms with Crippen LogP contribution in [0.2, 0.25) is 0 Å². The van der Waals surface area contributed by atoms with E-state index in [1.165, 1.54) is 6.92 Å². The molecule has 0 radical (unpaired) electrons. The van der Waals surface area contributed by atoms with Crippen molar-refractivity contribution in [2.75, 3.05) is 10.0 Å². The third kappa shape index (κ3) is 4.43. The lowest BCUT2D eigenvalue weighted by Gasteiger charge is -2.09. The number of aromatic carboxylic acids is 1. The third-order valence-electron chi connectivity index (χ3n) is 2.74. The molecule has 0 aliphatic heterocycles. The number of hydrogen-bond donors (Lipinski definition) is 3. The molecule has 3 N–H and O–H groups in total. The van der Waals surface area contributed by atoms with Gasteiger partial charge in [-0.3, -0.25) is 4.79 Å². The summed E-state index contributed by atoms with van der Waals surface area (Å²) in [5.74, 6) is -3.62. The lowest BCUT2D eigenvalue weighted by molar-refractivity contribution is -0.114. The first-order valence-corrected chi connectivity index (χ1v) is 7.21. The van der Waals surface area contributed by atoms with Gasteiger partial charge in [-0.1, -0.05) is 0 Å². The Morgan fingerprint density at radius 1 is 1.09 bits per heavy atom. The zero-order chi connectivity index (χ0) is 17.0. The van der Waals surface area contributed by atoms with Crippen molar-refractivity contribution in [2.24, 2.45) is 0 Å². The van der Waals surface area contributed by atoms with Crippen molar-refractivity contribution in [3.63, 3.8) is 0 Å². The van der Waals surface area contributed by atoms with Crippen molar-refractivity contribution >= 4 is 35.2 Å². The second-order valence-electron chi connectivity index (χ2n) is 4.53. The van der Waals surface area contributed by atoms with Gasteiger partial charge in [0.15, 0.2) is 0 Å². The first-order valence-electron chi connectivity index (χ1n) is 6.39. The first kappa shape index (κ1) is 16.8. The number of carboxylic acid groups (broad SMARTS) is 1. The fraction of sp³-hybridized carbons (Fsp3) is 0.0667. The number of hydrogen-bond acceptors (Lipinski definition) is 4. The van der Waals surface area contributed by atoms with Gasteiger partial charge in [0.2, 0.25) is 5.91 Å². The Morgan fingerprint density at radius 3 is 2.30 bits per heavy atom. The maximum absolute atomic E-state index is 13.7. The highest BCUT2D eigenvalue weighted by molar-refractivity contribution is 8.00. The van der Waals surface area contributed by atoms with Gasteiger partial charge >= 0.3 is 5.97 Å². The molecular formula is C15H12F2N2O3S. The summed E-state index contributed by atoms with van der Waals surface area (Å²) in [5, 5.41) is 11.3. The fourth-order valence-electron chi connectivity index (χ4n) is 1.71. The monoisotopic (exact) mass is 338 g/mol. The quantitative estimate of drug-likeness (QED) is 0.724. The van der Waals surface area contributed by atoms with Crippen LogP contribution in [0.5, 0.6) is 0 Å². The molecule has 120 valence electrons. The average Bonchev–Trinajstić information content (AvgIpc) is 2.48. The Bertz CT molecular complexity index is 751. The standard InChI is InChI=1S/C15H12F2N2O3S/c1-8(20)18-9-2-4-10(5-3-9)23-19-14-7-12(16)11(15(21)22)6-13(14)17/h2-7,19H,1H3,(H,18,20)(H,21,22). The number of anilines is 2. The Kier molecular flexibility index (Phi) is 5.17. The zero-order valence-corrected chi connectivity index (χ0v) is 12.7. The van der Waals surface area contributed by atoms with Crippen LogP contribution in [0.25, 0.3) is 0 Å². The van der Waals surface area contributed by atoms with E-state index in [1.54, 1.807) is 24.3 Å². The predicted octanol–water partition coefficient (Wildman–Crippen LogP) is 3.74. The molecule has 0 saturated carbocycles. The summed E-state index contributed by atoms with van der Waals surface area (Å²) in [7, 11) is 0. The normalized spacial score (nSPS) is 10.2. The fourth-order valence-corrected chi connectivity index (χ4v) is 2.37. The van der Waals surface area contributed by atoms with Gasteiger partial charge in [0.1, 0.15) is 11.6 Å². The summed E-state index contributed by atoms with van der Waals surface area (Å²) in [5.41, 5.74) is -0.272. The highest BCUT2D eigenvalue weighted by atomic mass is 32.2. The van der Waals surface area contributed by atoms with Crippen molar-refractivity contribution in [3.8, 4) is 0 Å². The molecular weight excluding hydrogens is 326 g/mol. The molecule has 0 spiro atoms. The van der Waals surface area contributed by atoms with E-state index in [0.29, 0.717) is 16.6 Å². The van der Waals surface area contributed by atoms with E-state index in [0.717, 1.165) is 18.0 Å². The van der Waals surface area contributed by atoms with Crippen molar-refractivity contribution in [2.45, 2.75) is 11.8 Å². The number of nitrogens with one attached hydrogen (secondary N) is 2. The molecule has 8 heteroatoms. The topological polar surface area (TPSA) is 78.4 Å². The van der Waals surface area contributed by atoms with Crippen LogP contribution < -0.4 is 10.0 Å². The van der Waals surface area contributed by atoms with Crippen molar-refractivity contribution in [1.82, 2.24) is 0 Å². The Hall–Kier alpha value is -2.61. The number of carbonyl (C=O) groups excluding carboxylic acids is 1. The molecule has 0 unspecified atom stereocenters. The summed E-state index contributed by atoms with van der Waals surface area (Å²) < 4.78 is 29.9. The molecule has 23 heavy (non-hydrogen) atoms. The molecule has 0 aromatic heterocycles. The zero-order valence-electron chi connectivity index (χ0n) is 11.9. The van der Waals surface area contributed by atoms with E-state index >= 15 is 0 Å². The largest absolute Gasteiger partial charge is 0.478 e. The number of carboxylic acids is 1. The smallest absolute Gasteiger partial charge is 0.338 e. The molecule has 0 aliphatic carbocycles. The molecule has 0 atom stereocenters. The lowest BCUT2D eigenvalue weighted by Crippen LogP contribution is -2.05. The summed E-state index contributed by atoms with van der Waals surface area (Å²) in [6.45, 7) is 1.39. The first-order chi connectivity index (χ1) is 10.9. The van der Waals surface area contributed by atoms with Crippen molar-refractivity contribution < 1.29 is 23.5 Å². The summed E-state index contributed by atoms with van der Waals surface area (Å²) in [6, 6.07) is 8.11. The highest BCUT2D eigenvalue weighted by Gasteiger charge is 2.15. The Balaban J connectivity index is 2.07. The molecule has 0 aliphatic rings. The van der Waals surface area contributed by atoms with E-state index in [4.69, 9.17) is 5.11 Å². The van der Waals surface area contributed by atoms with Crippen molar-refractivity contribution in [1.29, 1.82) is 0 Å². The molecule has 2 aromatic rings. The van der Waals surface area contributed by atoms with E-state index in [-0.39, 0.29) is 11.6 Å².